The molecular formula is C36H28Cl2N8O4. The molecule has 1 aliphatic rings. The van der Waals surface area contributed by atoms with Gasteiger partial charge in [-0.2, -0.15) is 9.97 Å². The van der Waals surface area contributed by atoms with Crippen LogP contribution < -0.4 is 21.3 Å². The molecule has 0 radical (unpaired) electrons. The lowest BCUT2D eigenvalue weighted by atomic mass is 10.1. The second kappa shape index (κ2) is 14.9. The highest BCUT2D eigenvalue weighted by Crippen LogP contribution is 2.31. The molecule has 14 heteroatoms. The minimum Gasteiger partial charge on any atom is -0.506 e. The molecule has 50 heavy (non-hydrogen) atoms. The van der Waals surface area contributed by atoms with Gasteiger partial charge in [0.15, 0.2) is 0 Å². The number of rotatable bonds is 7. The van der Waals surface area contributed by atoms with Crippen LogP contribution in [0.25, 0.3) is 22.5 Å². The van der Waals surface area contributed by atoms with Crippen molar-refractivity contribution in [3.05, 3.63) is 119 Å². The van der Waals surface area contributed by atoms with Crippen molar-refractivity contribution in [1.29, 1.82) is 0 Å². The summed E-state index contributed by atoms with van der Waals surface area (Å²) in [7, 11) is 0. The standard InChI is InChI=1S/C20H15ClN4O3.C16H13ClN4O/c21-14-10-13(6-7-16(14)26)22-17-11-15(12-4-2-1-3-5-12)23-20(24-17)25-18(27)8-9-19(25)28;17-12-8-11(6-7-14(12)22)19-15-9-13(20-16(18)21-15)10-4-2-1-3-5-10/h1-7,10-11,26H,8-9H2,(H,22,23,24);1-9,22H,(H3,18,19,20,21). The van der Waals surface area contributed by atoms with Crippen LogP contribution in [0.15, 0.2) is 109 Å². The third-order valence-corrected chi connectivity index (χ3v) is 7.89. The molecule has 3 heterocycles. The molecule has 0 aliphatic carbocycles. The van der Waals surface area contributed by atoms with Crippen LogP contribution >= 0.6 is 23.2 Å². The van der Waals surface area contributed by atoms with Gasteiger partial charge in [0.05, 0.1) is 21.4 Å². The first kappa shape index (κ1) is 33.7. The van der Waals surface area contributed by atoms with Crippen molar-refractivity contribution < 1.29 is 19.8 Å². The zero-order valence-electron chi connectivity index (χ0n) is 26.1. The van der Waals surface area contributed by atoms with E-state index in [2.05, 4.69) is 30.6 Å². The van der Waals surface area contributed by atoms with E-state index in [1.807, 2.05) is 60.7 Å². The van der Waals surface area contributed by atoms with Crippen LogP contribution in [0.4, 0.5) is 34.9 Å². The number of anilines is 6. The third kappa shape index (κ3) is 8.06. The number of benzene rings is 4. The van der Waals surface area contributed by atoms with E-state index < -0.39 is 0 Å². The minimum absolute atomic E-state index is 0.0272. The third-order valence-electron chi connectivity index (χ3n) is 7.29. The summed E-state index contributed by atoms with van der Waals surface area (Å²) in [5.74, 6) is 0.483. The Morgan fingerprint density at radius 3 is 1.54 bits per heavy atom. The predicted octanol–water partition coefficient (Wildman–Crippen LogP) is 7.73. The molecule has 0 atom stereocenters. The summed E-state index contributed by atoms with van der Waals surface area (Å²) in [6.07, 6.45) is 0.294. The highest BCUT2D eigenvalue weighted by molar-refractivity contribution is 6.32. The zero-order valence-corrected chi connectivity index (χ0v) is 27.6. The molecule has 250 valence electrons. The molecule has 6 aromatic rings. The van der Waals surface area contributed by atoms with Crippen molar-refractivity contribution in [2.45, 2.75) is 12.8 Å². The number of amides is 2. The highest BCUT2D eigenvalue weighted by atomic mass is 35.5. The molecule has 0 bridgehead atoms. The average molecular weight is 708 g/mol. The normalized spacial score (nSPS) is 12.3. The van der Waals surface area contributed by atoms with Crippen LogP contribution in [0.5, 0.6) is 11.5 Å². The van der Waals surface area contributed by atoms with Gasteiger partial charge in [-0.3, -0.25) is 9.59 Å². The molecular weight excluding hydrogens is 679 g/mol. The van der Waals surface area contributed by atoms with Crippen LogP contribution in [0, 0.1) is 0 Å². The predicted molar refractivity (Wildman–Crippen MR) is 194 cm³/mol. The van der Waals surface area contributed by atoms with E-state index in [0.29, 0.717) is 28.7 Å². The zero-order chi connectivity index (χ0) is 35.2. The second-order valence-corrected chi connectivity index (χ2v) is 11.7. The van der Waals surface area contributed by atoms with Gasteiger partial charge in [0, 0.05) is 47.5 Å². The molecule has 1 fully saturated rings. The average Bonchev–Trinajstić information content (AvgIpc) is 3.46. The number of halogens is 2. The fourth-order valence-electron chi connectivity index (χ4n) is 4.91. The van der Waals surface area contributed by atoms with Crippen LogP contribution in [0.2, 0.25) is 10.0 Å². The number of phenolic OH excluding ortho intramolecular Hbond substituents is 2. The van der Waals surface area contributed by atoms with Crippen molar-refractivity contribution in [3.63, 3.8) is 0 Å². The summed E-state index contributed by atoms with van der Waals surface area (Å²) in [6, 6.07) is 32.0. The summed E-state index contributed by atoms with van der Waals surface area (Å²) >= 11 is 11.9. The SMILES string of the molecule is Nc1nc(Nc2ccc(O)c(Cl)c2)cc(-c2ccccc2)n1.O=C1CCC(=O)N1c1nc(Nc2ccc(O)c(Cl)c2)cc(-c2ccccc2)n1. The summed E-state index contributed by atoms with van der Waals surface area (Å²) in [4.78, 5) is 42.5. The van der Waals surface area contributed by atoms with E-state index in [0.717, 1.165) is 21.7 Å². The summed E-state index contributed by atoms with van der Waals surface area (Å²) in [5.41, 5.74) is 10.1. The lowest BCUT2D eigenvalue weighted by molar-refractivity contribution is -0.121. The maximum Gasteiger partial charge on any atom is 0.241 e. The second-order valence-electron chi connectivity index (χ2n) is 10.9. The first-order chi connectivity index (χ1) is 24.1. The largest absolute Gasteiger partial charge is 0.506 e. The Bertz CT molecular complexity index is 2170. The van der Waals surface area contributed by atoms with Gasteiger partial charge in [-0.15, -0.1) is 0 Å². The number of phenols is 2. The fraction of sp³-hybridized carbons (Fsp3) is 0.0556. The van der Waals surface area contributed by atoms with Crippen LogP contribution in [0.3, 0.4) is 0 Å². The van der Waals surface area contributed by atoms with Gasteiger partial charge in [0.2, 0.25) is 23.7 Å². The number of carbonyl (C=O) groups is 2. The lowest BCUT2D eigenvalue weighted by Gasteiger charge is -2.15. The Hall–Kier alpha value is -6.24. The number of nitrogens with zero attached hydrogens (tertiary/aromatic N) is 5. The van der Waals surface area contributed by atoms with E-state index in [1.165, 1.54) is 12.1 Å². The number of imide groups is 1. The molecule has 0 spiro atoms. The number of aromatic hydroxyl groups is 2. The lowest BCUT2D eigenvalue weighted by Crippen LogP contribution is -2.30. The summed E-state index contributed by atoms with van der Waals surface area (Å²) in [5, 5.41) is 25.6. The van der Waals surface area contributed by atoms with E-state index in [9.17, 15) is 19.8 Å². The minimum atomic E-state index is -0.325. The number of aromatic nitrogens is 4. The number of nitrogen functional groups attached to an aromatic ring is 1. The molecule has 0 unspecified atom stereocenters. The van der Waals surface area contributed by atoms with E-state index >= 15 is 0 Å². The molecule has 2 amide bonds. The maximum atomic E-state index is 12.1. The van der Waals surface area contributed by atoms with E-state index in [-0.39, 0.29) is 58.1 Å². The highest BCUT2D eigenvalue weighted by Gasteiger charge is 2.33. The molecule has 7 rings (SSSR count). The number of nitrogens with one attached hydrogen (secondary N) is 2. The van der Waals surface area contributed by atoms with Crippen molar-refractivity contribution in [2.75, 3.05) is 21.3 Å². The van der Waals surface area contributed by atoms with E-state index in [4.69, 9.17) is 28.9 Å². The number of hydrogen-bond acceptors (Lipinski definition) is 11. The number of hydrogen-bond donors (Lipinski definition) is 5. The molecule has 4 aromatic carbocycles. The Labute approximate surface area is 296 Å². The van der Waals surface area contributed by atoms with E-state index in [1.54, 1.807) is 36.4 Å². The van der Waals surface area contributed by atoms with Crippen molar-refractivity contribution in [2.24, 2.45) is 0 Å². The quantitative estimate of drug-likeness (QED) is 0.0810. The van der Waals surface area contributed by atoms with Crippen LogP contribution in [-0.2, 0) is 9.59 Å². The molecule has 2 aromatic heterocycles. The van der Waals surface area contributed by atoms with Crippen molar-refractivity contribution >= 4 is 69.9 Å². The first-order valence-corrected chi connectivity index (χ1v) is 15.9. The molecule has 1 saturated heterocycles. The van der Waals surface area contributed by atoms with Gasteiger partial charge in [-0.25, -0.2) is 14.9 Å². The van der Waals surface area contributed by atoms with Gasteiger partial charge in [-0.05, 0) is 36.4 Å². The Kier molecular flexibility index (Phi) is 10.0. The monoisotopic (exact) mass is 706 g/mol. The maximum absolute atomic E-state index is 12.1. The molecule has 1 aliphatic heterocycles. The summed E-state index contributed by atoms with van der Waals surface area (Å²) in [6.45, 7) is 0. The fourth-order valence-corrected chi connectivity index (χ4v) is 5.27. The Balaban J connectivity index is 0.000000178. The number of carbonyl (C=O) groups excluding carboxylic acids is 2. The smallest absolute Gasteiger partial charge is 0.241 e. The van der Waals surface area contributed by atoms with Gasteiger partial charge in [0.25, 0.3) is 0 Å². The Morgan fingerprint density at radius 1 is 0.600 bits per heavy atom. The van der Waals surface area contributed by atoms with Crippen LogP contribution in [0.1, 0.15) is 12.8 Å². The summed E-state index contributed by atoms with van der Waals surface area (Å²) < 4.78 is 0. The molecule has 12 nitrogen and oxygen atoms in total. The number of nitrogens with two attached hydrogens (primary N) is 1. The van der Waals surface area contributed by atoms with Crippen LogP contribution in [-0.4, -0.2) is 42.0 Å². The molecule has 6 N–H and O–H groups in total. The topological polar surface area (TPSA) is 179 Å². The van der Waals surface area contributed by atoms with Gasteiger partial charge in [-0.1, -0.05) is 83.9 Å². The van der Waals surface area contributed by atoms with Crippen molar-refractivity contribution in [3.8, 4) is 34.0 Å². The Morgan fingerprint density at radius 2 is 1.06 bits per heavy atom. The molecule has 0 saturated carbocycles. The first-order valence-electron chi connectivity index (χ1n) is 15.1. The van der Waals surface area contributed by atoms with Gasteiger partial charge >= 0.3 is 0 Å². The van der Waals surface area contributed by atoms with Gasteiger partial charge in [0.1, 0.15) is 23.1 Å². The van der Waals surface area contributed by atoms with Crippen molar-refractivity contribution in [1.82, 2.24) is 19.9 Å². The van der Waals surface area contributed by atoms with Gasteiger partial charge < -0.3 is 26.6 Å².